The number of nitrogens with zero attached hydrogens (tertiary/aromatic N) is 1. The molecule has 1 aliphatic rings. The lowest BCUT2D eigenvalue weighted by Crippen LogP contribution is -2.39. The number of benzene rings is 1. The Morgan fingerprint density at radius 1 is 1.29 bits per heavy atom. The van der Waals surface area contributed by atoms with Gasteiger partial charge in [0.25, 0.3) is 0 Å². The normalized spacial score (nSPS) is 23.4. The van der Waals surface area contributed by atoms with Gasteiger partial charge in [0.05, 0.1) is 5.69 Å². The van der Waals surface area contributed by atoms with Crippen LogP contribution in [-0.4, -0.2) is 25.8 Å². The van der Waals surface area contributed by atoms with Crippen molar-refractivity contribution in [2.24, 2.45) is 5.92 Å². The van der Waals surface area contributed by atoms with Crippen molar-refractivity contribution in [1.82, 2.24) is 4.31 Å². The zero-order chi connectivity index (χ0) is 15.6. The van der Waals surface area contributed by atoms with Crippen molar-refractivity contribution in [3.8, 4) is 0 Å². The minimum absolute atomic E-state index is 0.0273. The summed E-state index contributed by atoms with van der Waals surface area (Å²) in [7, 11) is -2.18. The lowest BCUT2D eigenvalue weighted by molar-refractivity contribution is 0.233. The molecule has 0 spiro atoms. The molecule has 0 atom stereocenters. The molecule has 0 amide bonds. The van der Waals surface area contributed by atoms with Gasteiger partial charge in [0.15, 0.2) is 0 Å². The predicted molar refractivity (Wildman–Crippen MR) is 81.8 cm³/mol. The van der Waals surface area contributed by atoms with Crippen LogP contribution < -0.4 is 5.73 Å². The molecule has 21 heavy (non-hydrogen) atoms. The van der Waals surface area contributed by atoms with Crippen LogP contribution in [-0.2, 0) is 10.0 Å². The predicted octanol–water partition coefficient (Wildman–Crippen LogP) is 3.00. The monoisotopic (exact) mass is 314 g/mol. The molecular formula is C15H23FN2O2S. The lowest BCUT2D eigenvalue weighted by atomic mass is 9.85. The van der Waals surface area contributed by atoms with E-state index in [0.717, 1.165) is 32.1 Å². The number of sulfonamides is 1. The maximum absolute atomic E-state index is 13.5. The van der Waals surface area contributed by atoms with Gasteiger partial charge in [-0.3, -0.25) is 0 Å². The Morgan fingerprint density at radius 3 is 2.48 bits per heavy atom. The smallest absolute Gasteiger partial charge is 0.245 e. The van der Waals surface area contributed by atoms with Gasteiger partial charge in [0.2, 0.25) is 10.0 Å². The highest BCUT2D eigenvalue weighted by Gasteiger charge is 2.32. The third kappa shape index (κ3) is 3.21. The van der Waals surface area contributed by atoms with E-state index in [1.807, 2.05) is 0 Å². The van der Waals surface area contributed by atoms with E-state index < -0.39 is 15.8 Å². The summed E-state index contributed by atoms with van der Waals surface area (Å²) in [5.74, 6) is -0.00393. The summed E-state index contributed by atoms with van der Waals surface area (Å²) in [6.45, 7) is 2.17. The van der Waals surface area contributed by atoms with Crippen LogP contribution in [0.2, 0.25) is 0 Å². The number of hydrogen-bond donors (Lipinski definition) is 1. The second-order valence-corrected chi connectivity index (χ2v) is 7.72. The number of para-hydroxylation sites is 1. The standard InChI is InChI=1S/C15H23FN2O2S/c1-3-11-7-9-12(10-8-11)18(2)21(19,20)14-6-4-5-13(16)15(14)17/h4-6,11-12H,3,7-10,17H2,1-2H3. The summed E-state index contributed by atoms with van der Waals surface area (Å²) in [6.07, 6.45) is 4.92. The first-order valence-electron chi connectivity index (χ1n) is 7.40. The largest absolute Gasteiger partial charge is 0.395 e. The second-order valence-electron chi connectivity index (χ2n) is 5.76. The molecule has 1 aromatic carbocycles. The second kappa shape index (κ2) is 6.32. The Bertz CT molecular complexity index is 596. The van der Waals surface area contributed by atoms with Crippen LogP contribution >= 0.6 is 0 Å². The Kier molecular flexibility index (Phi) is 4.88. The molecule has 0 aromatic heterocycles. The Balaban J connectivity index is 2.21. The van der Waals surface area contributed by atoms with Crippen LogP contribution in [0.5, 0.6) is 0 Å². The van der Waals surface area contributed by atoms with Crippen LogP contribution in [0.3, 0.4) is 0 Å². The molecule has 2 rings (SSSR count). The van der Waals surface area contributed by atoms with Gasteiger partial charge in [-0.1, -0.05) is 19.4 Å². The zero-order valence-electron chi connectivity index (χ0n) is 12.5. The fraction of sp³-hybridized carbons (Fsp3) is 0.600. The van der Waals surface area contributed by atoms with E-state index >= 15 is 0 Å². The molecule has 0 bridgehead atoms. The number of halogens is 1. The fourth-order valence-electron chi connectivity index (χ4n) is 3.01. The number of rotatable bonds is 4. The zero-order valence-corrected chi connectivity index (χ0v) is 13.4. The molecule has 1 aliphatic carbocycles. The van der Waals surface area contributed by atoms with Gasteiger partial charge in [0, 0.05) is 13.1 Å². The summed E-state index contributed by atoms with van der Waals surface area (Å²) in [4.78, 5) is -0.136. The SMILES string of the molecule is CCC1CCC(N(C)S(=O)(=O)c2cccc(F)c2N)CC1. The third-order valence-corrected chi connectivity index (χ3v) is 6.55. The van der Waals surface area contributed by atoms with E-state index in [-0.39, 0.29) is 16.6 Å². The Hall–Kier alpha value is -1.14. The van der Waals surface area contributed by atoms with Gasteiger partial charge in [-0.15, -0.1) is 0 Å². The van der Waals surface area contributed by atoms with Crippen molar-refractivity contribution in [1.29, 1.82) is 0 Å². The van der Waals surface area contributed by atoms with Gasteiger partial charge < -0.3 is 5.73 Å². The van der Waals surface area contributed by atoms with E-state index in [2.05, 4.69) is 6.92 Å². The molecule has 118 valence electrons. The Labute approximate surface area is 126 Å². The topological polar surface area (TPSA) is 63.4 Å². The lowest BCUT2D eigenvalue weighted by Gasteiger charge is -2.33. The summed E-state index contributed by atoms with van der Waals surface area (Å²) < 4.78 is 40.1. The first-order valence-corrected chi connectivity index (χ1v) is 8.84. The molecule has 0 aliphatic heterocycles. The first kappa shape index (κ1) is 16.2. The molecule has 0 saturated heterocycles. The van der Waals surface area contributed by atoms with E-state index in [0.29, 0.717) is 5.92 Å². The quantitative estimate of drug-likeness (QED) is 0.869. The number of nitrogen functional groups attached to an aromatic ring is 1. The van der Waals surface area contributed by atoms with Crippen LogP contribution in [0.4, 0.5) is 10.1 Å². The molecular weight excluding hydrogens is 291 g/mol. The Morgan fingerprint density at radius 2 is 1.90 bits per heavy atom. The highest BCUT2D eigenvalue weighted by atomic mass is 32.2. The summed E-state index contributed by atoms with van der Waals surface area (Å²) in [5, 5.41) is 0. The van der Waals surface area contributed by atoms with Crippen molar-refractivity contribution in [3.63, 3.8) is 0 Å². The summed E-state index contributed by atoms with van der Waals surface area (Å²) in [6, 6.07) is 3.88. The van der Waals surface area contributed by atoms with Gasteiger partial charge in [-0.05, 0) is 43.7 Å². The maximum Gasteiger partial charge on any atom is 0.245 e. The highest BCUT2D eigenvalue weighted by molar-refractivity contribution is 7.89. The minimum Gasteiger partial charge on any atom is -0.395 e. The van der Waals surface area contributed by atoms with Gasteiger partial charge in [-0.2, -0.15) is 4.31 Å². The fourth-order valence-corrected chi connectivity index (χ4v) is 4.55. The molecule has 0 unspecified atom stereocenters. The van der Waals surface area contributed by atoms with Crippen LogP contribution in [0.25, 0.3) is 0 Å². The number of nitrogens with two attached hydrogens (primary N) is 1. The van der Waals surface area contributed by atoms with Crippen molar-refractivity contribution in [2.45, 2.75) is 50.0 Å². The van der Waals surface area contributed by atoms with E-state index in [4.69, 9.17) is 5.73 Å². The van der Waals surface area contributed by atoms with Gasteiger partial charge in [-0.25, -0.2) is 12.8 Å². The molecule has 1 saturated carbocycles. The van der Waals surface area contributed by atoms with Gasteiger partial charge >= 0.3 is 0 Å². The van der Waals surface area contributed by atoms with Crippen LogP contribution in [0.1, 0.15) is 39.0 Å². The molecule has 1 fully saturated rings. The van der Waals surface area contributed by atoms with Crippen molar-refractivity contribution in [3.05, 3.63) is 24.0 Å². The first-order chi connectivity index (χ1) is 9.87. The van der Waals surface area contributed by atoms with Crippen molar-refractivity contribution in [2.75, 3.05) is 12.8 Å². The van der Waals surface area contributed by atoms with Crippen LogP contribution in [0.15, 0.2) is 23.1 Å². The number of anilines is 1. The average Bonchev–Trinajstić information content (AvgIpc) is 2.49. The summed E-state index contributed by atoms with van der Waals surface area (Å²) >= 11 is 0. The molecule has 2 N–H and O–H groups in total. The van der Waals surface area contributed by atoms with E-state index in [9.17, 15) is 12.8 Å². The molecule has 1 aromatic rings. The maximum atomic E-state index is 13.5. The summed E-state index contributed by atoms with van der Waals surface area (Å²) in [5.41, 5.74) is 5.30. The van der Waals surface area contributed by atoms with Crippen LogP contribution in [0, 0.1) is 11.7 Å². The molecule has 4 nitrogen and oxygen atoms in total. The molecule has 0 radical (unpaired) electrons. The van der Waals surface area contributed by atoms with Crippen molar-refractivity contribution >= 4 is 15.7 Å². The van der Waals surface area contributed by atoms with E-state index in [1.54, 1.807) is 7.05 Å². The van der Waals surface area contributed by atoms with Crippen molar-refractivity contribution < 1.29 is 12.8 Å². The average molecular weight is 314 g/mol. The third-order valence-electron chi connectivity index (χ3n) is 4.58. The highest BCUT2D eigenvalue weighted by Crippen LogP contribution is 2.32. The molecule has 6 heteroatoms. The number of hydrogen-bond acceptors (Lipinski definition) is 3. The molecule has 0 heterocycles. The van der Waals surface area contributed by atoms with E-state index in [1.165, 1.54) is 22.5 Å². The van der Waals surface area contributed by atoms with Gasteiger partial charge in [0.1, 0.15) is 10.7 Å². The minimum atomic E-state index is -3.75.